The second-order valence-electron chi connectivity index (χ2n) is 5.35. The maximum atomic E-state index is 11.9. The Balaban J connectivity index is 1.55. The van der Waals surface area contributed by atoms with Crippen LogP contribution in [-0.2, 0) is 18.3 Å². The van der Waals surface area contributed by atoms with E-state index in [-0.39, 0.29) is 11.7 Å². The molecule has 9 heteroatoms. The molecule has 2 aromatic rings. The van der Waals surface area contributed by atoms with E-state index in [0.717, 1.165) is 34.6 Å². The molecule has 132 valence electrons. The molecule has 0 aliphatic carbocycles. The molecule has 1 aromatic heterocycles. The highest BCUT2D eigenvalue weighted by molar-refractivity contribution is 8.14. The largest absolute Gasteiger partial charge is 0.497 e. The third-order valence-electron chi connectivity index (χ3n) is 3.61. The Morgan fingerprint density at radius 2 is 2.16 bits per heavy atom. The topological polar surface area (TPSA) is 81.4 Å². The number of nitrogens with one attached hydrogen (secondary N) is 1. The summed E-state index contributed by atoms with van der Waals surface area (Å²) in [5, 5.41) is 12.7. The van der Waals surface area contributed by atoms with Crippen molar-refractivity contribution in [3.05, 3.63) is 35.7 Å². The molecule has 0 radical (unpaired) electrons. The minimum Gasteiger partial charge on any atom is -0.497 e. The van der Waals surface area contributed by atoms with Crippen LogP contribution in [-0.4, -0.2) is 51.0 Å². The molecular weight excluding hydrogens is 358 g/mol. The minimum absolute atomic E-state index is 0.0714. The predicted octanol–water partition coefficient (Wildman–Crippen LogP) is 1.73. The fourth-order valence-corrected chi connectivity index (χ4v) is 3.72. The standard InChI is InChI=1S/C16H19N5O2S2/c1-21-13(9-11-3-5-12(23-2)6-4-11)19-20-16(21)25-10-14(22)18-15-17-7-8-24-15/h3-6H,7-10H2,1-2H3,(H,17,18,22). The number of amides is 1. The van der Waals surface area contributed by atoms with Gasteiger partial charge in [0.05, 0.1) is 19.4 Å². The number of amidine groups is 1. The Morgan fingerprint density at radius 3 is 2.84 bits per heavy atom. The van der Waals surface area contributed by atoms with E-state index in [9.17, 15) is 4.79 Å². The van der Waals surface area contributed by atoms with Gasteiger partial charge in [0.2, 0.25) is 5.91 Å². The third-order valence-corrected chi connectivity index (χ3v) is 5.52. The van der Waals surface area contributed by atoms with Crippen LogP contribution in [0.1, 0.15) is 11.4 Å². The van der Waals surface area contributed by atoms with Gasteiger partial charge in [0.1, 0.15) is 11.6 Å². The smallest absolute Gasteiger partial charge is 0.236 e. The van der Waals surface area contributed by atoms with Crippen LogP contribution in [0.25, 0.3) is 0 Å². The number of ether oxygens (including phenoxy) is 1. The predicted molar refractivity (Wildman–Crippen MR) is 100 cm³/mol. The molecule has 0 unspecified atom stereocenters. The molecule has 3 rings (SSSR count). The van der Waals surface area contributed by atoms with Gasteiger partial charge in [0.25, 0.3) is 0 Å². The van der Waals surface area contributed by atoms with Crippen molar-refractivity contribution in [1.82, 2.24) is 20.1 Å². The van der Waals surface area contributed by atoms with Crippen molar-refractivity contribution in [3.8, 4) is 5.75 Å². The molecule has 0 spiro atoms. The molecule has 25 heavy (non-hydrogen) atoms. The highest BCUT2D eigenvalue weighted by atomic mass is 32.2. The third kappa shape index (κ3) is 4.76. The number of carbonyl (C=O) groups is 1. The quantitative estimate of drug-likeness (QED) is 0.772. The molecule has 7 nitrogen and oxygen atoms in total. The van der Waals surface area contributed by atoms with Crippen LogP contribution in [0.2, 0.25) is 0 Å². The summed E-state index contributed by atoms with van der Waals surface area (Å²) in [6, 6.07) is 7.87. The van der Waals surface area contributed by atoms with E-state index < -0.39 is 0 Å². The van der Waals surface area contributed by atoms with Crippen molar-refractivity contribution in [3.63, 3.8) is 0 Å². The molecule has 1 N–H and O–H groups in total. The first-order chi connectivity index (χ1) is 12.2. The number of hydrogen-bond donors (Lipinski definition) is 1. The van der Waals surface area contributed by atoms with E-state index in [1.807, 2.05) is 35.9 Å². The molecule has 0 bridgehead atoms. The lowest BCUT2D eigenvalue weighted by molar-refractivity contribution is -0.117. The summed E-state index contributed by atoms with van der Waals surface area (Å²) in [6.45, 7) is 0.769. The number of nitrogens with zero attached hydrogens (tertiary/aromatic N) is 4. The second kappa shape index (κ2) is 8.39. The van der Waals surface area contributed by atoms with Crippen LogP contribution >= 0.6 is 23.5 Å². The molecular formula is C16H19N5O2S2. The normalized spacial score (nSPS) is 13.6. The first-order valence-electron chi connectivity index (χ1n) is 7.77. The van der Waals surface area contributed by atoms with Gasteiger partial charge < -0.3 is 14.6 Å². The Labute approximate surface area is 154 Å². The Bertz CT molecular complexity index is 773. The Kier molecular flexibility index (Phi) is 5.98. The van der Waals surface area contributed by atoms with Crippen molar-refractivity contribution in [2.24, 2.45) is 12.0 Å². The lowest BCUT2D eigenvalue weighted by atomic mass is 10.1. The summed E-state index contributed by atoms with van der Waals surface area (Å²) >= 11 is 2.94. The average Bonchev–Trinajstić information content (AvgIpc) is 3.25. The lowest BCUT2D eigenvalue weighted by Gasteiger charge is -2.05. The van der Waals surface area contributed by atoms with E-state index in [4.69, 9.17) is 4.74 Å². The summed E-state index contributed by atoms with van der Waals surface area (Å²) in [6.07, 6.45) is 0.674. The van der Waals surface area contributed by atoms with Crippen molar-refractivity contribution < 1.29 is 9.53 Å². The summed E-state index contributed by atoms with van der Waals surface area (Å²) in [5.74, 6) is 2.82. The van der Waals surface area contributed by atoms with Crippen LogP contribution in [0.5, 0.6) is 5.75 Å². The number of hydrogen-bond acceptors (Lipinski definition) is 7. The van der Waals surface area contributed by atoms with Gasteiger partial charge in [-0.05, 0) is 17.7 Å². The Morgan fingerprint density at radius 1 is 1.36 bits per heavy atom. The van der Waals surface area contributed by atoms with Crippen LogP contribution in [0.15, 0.2) is 34.4 Å². The van der Waals surface area contributed by atoms with E-state index in [1.165, 1.54) is 11.8 Å². The van der Waals surface area contributed by atoms with Crippen LogP contribution in [0, 0.1) is 0 Å². The van der Waals surface area contributed by atoms with Crippen LogP contribution in [0.3, 0.4) is 0 Å². The molecule has 1 aliphatic heterocycles. The number of aromatic nitrogens is 3. The van der Waals surface area contributed by atoms with Gasteiger partial charge in [-0.25, -0.2) is 0 Å². The summed E-state index contributed by atoms with van der Waals surface area (Å²) in [7, 11) is 3.56. The number of thioether (sulfide) groups is 2. The zero-order valence-electron chi connectivity index (χ0n) is 14.1. The first kappa shape index (κ1) is 17.8. The van der Waals surface area contributed by atoms with Crippen molar-refractivity contribution >= 4 is 34.6 Å². The monoisotopic (exact) mass is 377 g/mol. The number of methoxy groups -OCH3 is 1. The number of benzene rings is 1. The minimum atomic E-state index is -0.0714. The molecule has 2 heterocycles. The highest BCUT2D eigenvalue weighted by Crippen LogP contribution is 2.19. The van der Waals surface area contributed by atoms with Gasteiger partial charge in [0.15, 0.2) is 10.3 Å². The van der Waals surface area contributed by atoms with Gasteiger partial charge in [-0.1, -0.05) is 35.7 Å². The summed E-state index contributed by atoms with van der Waals surface area (Å²) in [5.41, 5.74) is 1.13. The highest BCUT2D eigenvalue weighted by Gasteiger charge is 2.14. The maximum absolute atomic E-state index is 11.9. The van der Waals surface area contributed by atoms with Gasteiger partial charge in [-0.3, -0.25) is 9.79 Å². The van der Waals surface area contributed by atoms with Gasteiger partial charge in [-0.15, -0.1) is 10.2 Å². The van der Waals surface area contributed by atoms with Crippen LogP contribution in [0.4, 0.5) is 0 Å². The second-order valence-corrected chi connectivity index (χ2v) is 7.38. The first-order valence-corrected chi connectivity index (χ1v) is 9.74. The SMILES string of the molecule is COc1ccc(Cc2nnc(SCC(=O)NC3=NCCS3)n2C)cc1. The van der Waals surface area contributed by atoms with E-state index >= 15 is 0 Å². The van der Waals surface area contributed by atoms with Crippen LogP contribution < -0.4 is 10.1 Å². The fraction of sp³-hybridized carbons (Fsp3) is 0.375. The van der Waals surface area contributed by atoms with Crippen molar-refractivity contribution in [2.75, 3.05) is 25.2 Å². The number of aliphatic imine (C=N–C) groups is 1. The molecule has 0 atom stereocenters. The summed E-state index contributed by atoms with van der Waals surface area (Å²) < 4.78 is 7.09. The molecule has 0 fully saturated rings. The fourth-order valence-electron chi connectivity index (χ4n) is 2.25. The molecule has 0 saturated heterocycles. The maximum Gasteiger partial charge on any atom is 0.236 e. The van der Waals surface area contributed by atoms with E-state index in [0.29, 0.717) is 11.6 Å². The molecule has 1 aromatic carbocycles. The van der Waals surface area contributed by atoms with Crippen molar-refractivity contribution in [2.45, 2.75) is 11.6 Å². The zero-order chi connectivity index (χ0) is 17.6. The number of rotatable bonds is 6. The Hall–Kier alpha value is -2.00. The lowest BCUT2D eigenvalue weighted by Crippen LogP contribution is -2.29. The zero-order valence-corrected chi connectivity index (χ0v) is 15.7. The van der Waals surface area contributed by atoms with Gasteiger partial charge in [-0.2, -0.15) is 0 Å². The molecule has 1 amide bonds. The van der Waals surface area contributed by atoms with Gasteiger partial charge >= 0.3 is 0 Å². The summed E-state index contributed by atoms with van der Waals surface area (Å²) in [4.78, 5) is 16.2. The average molecular weight is 377 g/mol. The molecule has 1 aliphatic rings. The van der Waals surface area contributed by atoms with E-state index in [2.05, 4.69) is 20.5 Å². The van der Waals surface area contributed by atoms with Gasteiger partial charge in [0, 0.05) is 19.2 Å². The van der Waals surface area contributed by atoms with Crippen molar-refractivity contribution in [1.29, 1.82) is 0 Å². The number of carbonyl (C=O) groups excluding carboxylic acids is 1. The molecule has 0 saturated carbocycles. The van der Waals surface area contributed by atoms with E-state index in [1.54, 1.807) is 18.9 Å².